The Morgan fingerprint density at radius 2 is 1.85 bits per heavy atom. The molecule has 0 heterocycles. The van der Waals surface area contributed by atoms with Crippen molar-refractivity contribution < 1.29 is 13.2 Å². The van der Waals surface area contributed by atoms with Gasteiger partial charge in [-0.1, -0.05) is 12.6 Å². The topological polar surface area (TPSA) is 75.3 Å². The molecule has 0 saturated heterocycles. The Hall–Kier alpha value is -1.66. The van der Waals surface area contributed by atoms with Crippen LogP contribution < -0.4 is 10.0 Å². The van der Waals surface area contributed by atoms with Crippen LogP contribution in [-0.2, 0) is 14.8 Å². The minimum absolute atomic E-state index is 0.104. The molecule has 0 spiro atoms. The molecule has 1 aromatic carbocycles. The van der Waals surface area contributed by atoms with Gasteiger partial charge in [0, 0.05) is 16.8 Å². The van der Waals surface area contributed by atoms with E-state index >= 15 is 0 Å². The van der Waals surface area contributed by atoms with Crippen LogP contribution in [0.4, 0.5) is 5.69 Å². The van der Waals surface area contributed by atoms with Gasteiger partial charge in [-0.3, -0.25) is 4.79 Å². The van der Waals surface area contributed by atoms with Crippen molar-refractivity contribution in [3.05, 3.63) is 36.4 Å². The molecule has 0 aliphatic carbocycles. The Balaban J connectivity index is 3.04. The summed E-state index contributed by atoms with van der Waals surface area (Å²) in [5, 5.41) is 2.59. The molecule has 20 heavy (non-hydrogen) atoms. The Morgan fingerprint density at radius 3 is 2.35 bits per heavy atom. The highest BCUT2D eigenvalue weighted by Crippen LogP contribution is 2.17. The van der Waals surface area contributed by atoms with E-state index in [-0.39, 0.29) is 10.8 Å². The SMILES string of the molecule is C=C(C)C(=O)Nc1cccc(S(=O)(=O)NC(C)(C)C)c1. The Kier molecular flexibility index (Phi) is 4.73. The summed E-state index contributed by atoms with van der Waals surface area (Å²) in [6, 6.07) is 6.08. The number of rotatable bonds is 4. The summed E-state index contributed by atoms with van der Waals surface area (Å²) in [6.45, 7) is 10.4. The van der Waals surface area contributed by atoms with E-state index in [0.717, 1.165) is 0 Å². The molecule has 0 aromatic heterocycles. The van der Waals surface area contributed by atoms with Crippen molar-refractivity contribution in [2.45, 2.75) is 38.1 Å². The van der Waals surface area contributed by atoms with E-state index in [1.807, 2.05) is 0 Å². The van der Waals surface area contributed by atoms with Crippen LogP contribution in [-0.4, -0.2) is 19.9 Å². The highest BCUT2D eigenvalue weighted by molar-refractivity contribution is 7.89. The average Bonchev–Trinajstić information content (AvgIpc) is 2.26. The maximum absolute atomic E-state index is 12.2. The summed E-state index contributed by atoms with van der Waals surface area (Å²) >= 11 is 0. The van der Waals surface area contributed by atoms with Gasteiger partial charge in [-0.2, -0.15) is 0 Å². The van der Waals surface area contributed by atoms with E-state index in [1.54, 1.807) is 39.8 Å². The van der Waals surface area contributed by atoms with Crippen LogP contribution in [0.2, 0.25) is 0 Å². The number of hydrogen-bond donors (Lipinski definition) is 2. The third-order valence-corrected chi connectivity index (χ3v) is 3.99. The van der Waals surface area contributed by atoms with Crippen LogP contribution in [0.3, 0.4) is 0 Å². The van der Waals surface area contributed by atoms with Gasteiger partial charge in [-0.15, -0.1) is 0 Å². The predicted octanol–water partition coefficient (Wildman–Crippen LogP) is 2.28. The van der Waals surface area contributed by atoms with Crippen molar-refractivity contribution in [1.29, 1.82) is 0 Å². The smallest absolute Gasteiger partial charge is 0.250 e. The van der Waals surface area contributed by atoms with Gasteiger partial charge in [0.05, 0.1) is 4.90 Å². The van der Waals surface area contributed by atoms with Crippen LogP contribution in [0.25, 0.3) is 0 Å². The third-order valence-electron chi connectivity index (χ3n) is 2.23. The van der Waals surface area contributed by atoms with Crippen molar-refractivity contribution >= 4 is 21.6 Å². The highest BCUT2D eigenvalue weighted by Gasteiger charge is 2.22. The Bertz CT molecular complexity index is 628. The van der Waals surface area contributed by atoms with E-state index < -0.39 is 15.6 Å². The van der Waals surface area contributed by atoms with E-state index in [2.05, 4.69) is 16.6 Å². The maximum atomic E-state index is 12.2. The summed E-state index contributed by atoms with van der Waals surface area (Å²) in [7, 11) is -3.62. The van der Waals surface area contributed by atoms with Crippen molar-refractivity contribution in [3.63, 3.8) is 0 Å². The average molecular weight is 296 g/mol. The maximum Gasteiger partial charge on any atom is 0.250 e. The zero-order valence-corrected chi connectivity index (χ0v) is 13.0. The van der Waals surface area contributed by atoms with Crippen LogP contribution >= 0.6 is 0 Å². The molecule has 0 aliphatic heterocycles. The molecular weight excluding hydrogens is 276 g/mol. The molecular formula is C14H20N2O3S. The lowest BCUT2D eigenvalue weighted by Crippen LogP contribution is -2.40. The normalized spacial score (nSPS) is 12.0. The van der Waals surface area contributed by atoms with Gasteiger partial charge in [0.1, 0.15) is 0 Å². The van der Waals surface area contributed by atoms with Crippen molar-refractivity contribution in [1.82, 2.24) is 4.72 Å². The molecule has 2 N–H and O–H groups in total. The van der Waals surface area contributed by atoms with Gasteiger partial charge in [0.25, 0.3) is 5.91 Å². The molecule has 6 heteroatoms. The fourth-order valence-electron chi connectivity index (χ4n) is 1.44. The Morgan fingerprint density at radius 1 is 1.25 bits per heavy atom. The number of carbonyl (C=O) groups is 1. The largest absolute Gasteiger partial charge is 0.322 e. The molecule has 0 fully saturated rings. The van der Waals surface area contributed by atoms with E-state index in [4.69, 9.17) is 0 Å². The molecule has 0 unspecified atom stereocenters. The fraction of sp³-hybridized carbons (Fsp3) is 0.357. The standard InChI is InChI=1S/C14H20N2O3S/c1-10(2)13(17)15-11-7-6-8-12(9-11)20(18,19)16-14(3,4)5/h6-9,16H,1H2,2-5H3,(H,15,17). The summed E-state index contributed by atoms with van der Waals surface area (Å²) in [4.78, 5) is 11.6. The quantitative estimate of drug-likeness (QED) is 0.837. The van der Waals surface area contributed by atoms with Crippen LogP contribution in [0.5, 0.6) is 0 Å². The molecule has 0 atom stereocenters. The van der Waals surface area contributed by atoms with Gasteiger partial charge < -0.3 is 5.32 Å². The molecule has 1 rings (SSSR count). The molecule has 0 saturated carbocycles. The number of anilines is 1. The van der Waals surface area contributed by atoms with Crippen molar-refractivity contribution in [2.24, 2.45) is 0 Å². The fourth-order valence-corrected chi connectivity index (χ4v) is 2.90. The number of sulfonamides is 1. The molecule has 1 aromatic rings. The van der Waals surface area contributed by atoms with Gasteiger partial charge >= 0.3 is 0 Å². The Labute approximate surface area is 120 Å². The monoisotopic (exact) mass is 296 g/mol. The number of nitrogens with one attached hydrogen (secondary N) is 2. The second kappa shape index (κ2) is 5.76. The first-order valence-electron chi connectivity index (χ1n) is 6.12. The zero-order valence-electron chi connectivity index (χ0n) is 12.1. The molecule has 1 amide bonds. The summed E-state index contributed by atoms with van der Waals surface area (Å²) in [5.74, 6) is -0.344. The van der Waals surface area contributed by atoms with Crippen LogP contribution in [0, 0.1) is 0 Å². The lowest BCUT2D eigenvalue weighted by atomic mass is 10.1. The van der Waals surface area contributed by atoms with Gasteiger partial charge in [-0.25, -0.2) is 13.1 Å². The number of hydrogen-bond acceptors (Lipinski definition) is 3. The molecule has 0 radical (unpaired) electrons. The van der Waals surface area contributed by atoms with Crippen LogP contribution in [0.1, 0.15) is 27.7 Å². The van der Waals surface area contributed by atoms with Gasteiger partial charge in [-0.05, 0) is 45.9 Å². The second-order valence-electron chi connectivity index (χ2n) is 5.62. The lowest BCUT2D eigenvalue weighted by Gasteiger charge is -2.20. The number of carbonyl (C=O) groups excluding carboxylic acids is 1. The van der Waals surface area contributed by atoms with E-state index in [0.29, 0.717) is 11.3 Å². The van der Waals surface area contributed by atoms with E-state index in [1.165, 1.54) is 12.1 Å². The molecule has 0 aliphatic rings. The van der Waals surface area contributed by atoms with E-state index in [9.17, 15) is 13.2 Å². The summed E-state index contributed by atoms with van der Waals surface area (Å²) < 4.78 is 26.9. The lowest BCUT2D eigenvalue weighted by molar-refractivity contribution is -0.112. The molecule has 110 valence electrons. The van der Waals surface area contributed by atoms with Crippen LogP contribution in [0.15, 0.2) is 41.3 Å². The summed E-state index contributed by atoms with van der Waals surface area (Å²) in [5.41, 5.74) is 0.191. The number of amides is 1. The zero-order chi connectivity index (χ0) is 15.6. The first-order chi connectivity index (χ1) is 9.01. The number of benzene rings is 1. The molecule has 0 bridgehead atoms. The van der Waals surface area contributed by atoms with Gasteiger partial charge in [0.15, 0.2) is 0 Å². The summed E-state index contributed by atoms with van der Waals surface area (Å²) in [6.07, 6.45) is 0. The second-order valence-corrected chi connectivity index (χ2v) is 7.30. The van der Waals surface area contributed by atoms with Gasteiger partial charge in [0.2, 0.25) is 10.0 Å². The van der Waals surface area contributed by atoms with Crippen molar-refractivity contribution in [3.8, 4) is 0 Å². The minimum Gasteiger partial charge on any atom is -0.322 e. The third kappa shape index (κ3) is 4.79. The highest BCUT2D eigenvalue weighted by atomic mass is 32.2. The predicted molar refractivity (Wildman–Crippen MR) is 80.0 cm³/mol. The first-order valence-corrected chi connectivity index (χ1v) is 7.60. The van der Waals surface area contributed by atoms with Crippen molar-refractivity contribution in [2.75, 3.05) is 5.32 Å². The molecule has 5 nitrogen and oxygen atoms in total. The first kappa shape index (κ1) is 16.4. The minimum atomic E-state index is -3.62.